The Labute approximate surface area is 123 Å². The van der Waals surface area contributed by atoms with Gasteiger partial charge in [0.1, 0.15) is 0 Å². The normalized spacial score (nSPS) is 10.9. The van der Waals surface area contributed by atoms with Gasteiger partial charge in [-0.25, -0.2) is 9.59 Å². The largest absolute Gasteiger partial charge is 0.464 e. The quantitative estimate of drug-likeness (QED) is 0.477. The number of ether oxygens (including phenoxy) is 2. The monoisotopic (exact) mass is 293 g/mol. The standard InChI is InChI=1S/C15H19NO5/c1-4-20-13(18)15(16,14(19)21-5-2)12(17)11-8-6-10(3)7-9-11/h6-9H,4-5,16H2,1-3H3. The van der Waals surface area contributed by atoms with Crippen LogP contribution in [0.15, 0.2) is 24.3 Å². The average molecular weight is 293 g/mol. The molecule has 0 spiro atoms. The molecule has 6 heteroatoms. The number of benzene rings is 1. The second-order valence-electron chi connectivity index (χ2n) is 4.44. The highest BCUT2D eigenvalue weighted by atomic mass is 16.6. The molecule has 0 heterocycles. The van der Waals surface area contributed by atoms with Crippen LogP contribution >= 0.6 is 0 Å². The smallest absolute Gasteiger partial charge is 0.346 e. The Morgan fingerprint density at radius 3 is 1.81 bits per heavy atom. The topological polar surface area (TPSA) is 95.7 Å². The number of carbonyl (C=O) groups excluding carboxylic acids is 3. The number of carbonyl (C=O) groups is 3. The van der Waals surface area contributed by atoms with Gasteiger partial charge in [-0.2, -0.15) is 0 Å². The zero-order valence-electron chi connectivity index (χ0n) is 12.3. The van der Waals surface area contributed by atoms with Gasteiger partial charge < -0.3 is 9.47 Å². The van der Waals surface area contributed by atoms with Crippen LogP contribution in [0.4, 0.5) is 0 Å². The number of hydrogen-bond acceptors (Lipinski definition) is 6. The van der Waals surface area contributed by atoms with Gasteiger partial charge in [-0.3, -0.25) is 10.5 Å². The van der Waals surface area contributed by atoms with Crippen LogP contribution in [0.5, 0.6) is 0 Å². The van der Waals surface area contributed by atoms with E-state index >= 15 is 0 Å². The molecule has 0 saturated carbocycles. The summed E-state index contributed by atoms with van der Waals surface area (Å²) in [7, 11) is 0. The van der Waals surface area contributed by atoms with E-state index in [-0.39, 0.29) is 18.8 Å². The van der Waals surface area contributed by atoms with E-state index in [0.717, 1.165) is 5.56 Å². The fourth-order valence-corrected chi connectivity index (χ4v) is 1.69. The van der Waals surface area contributed by atoms with Crippen molar-refractivity contribution in [1.29, 1.82) is 0 Å². The molecule has 0 atom stereocenters. The van der Waals surface area contributed by atoms with Gasteiger partial charge in [0, 0.05) is 5.56 Å². The summed E-state index contributed by atoms with van der Waals surface area (Å²) < 4.78 is 9.51. The summed E-state index contributed by atoms with van der Waals surface area (Å²) in [5.74, 6) is -3.08. The molecule has 1 aromatic carbocycles. The van der Waals surface area contributed by atoms with E-state index in [2.05, 4.69) is 0 Å². The van der Waals surface area contributed by atoms with Crippen molar-refractivity contribution in [2.45, 2.75) is 26.3 Å². The maximum Gasteiger partial charge on any atom is 0.346 e. The third kappa shape index (κ3) is 3.46. The summed E-state index contributed by atoms with van der Waals surface area (Å²) in [6, 6.07) is 6.36. The van der Waals surface area contributed by atoms with E-state index in [9.17, 15) is 14.4 Å². The summed E-state index contributed by atoms with van der Waals surface area (Å²) in [4.78, 5) is 36.5. The van der Waals surface area contributed by atoms with Crippen LogP contribution in [0.3, 0.4) is 0 Å². The van der Waals surface area contributed by atoms with Crippen molar-refractivity contribution in [3.05, 3.63) is 35.4 Å². The molecule has 114 valence electrons. The fourth-order valence-electron chi connectivity index (χ4n) is 1.69. The van der Waals surface area contributed by atoms with Gasteiger partial charge in [-0.05, 0) is 20.8 Å². The van der Waals surface area contributed by atoms with Crippen LogP contribution in [-0.4, -0.2) is 36.5 Å². The number of esters is 2. The van der Waals surface area contributed by atoms with Crippen LogP contribution in [0.2, 0.25) is 0 Å². The fraction of sp³-hybridized carbons (Fsp3) is 0.400. The average Bonchev–Trinajstić information content (AvgIpc) is 2.46. The molecule has 0 fully saturated rings. The van der Waals surface area contributed by atoms with Gasteiger partial charge in [0.25, 0.3) is 5.54 Å². The minimum atomic E-state index is -2.48. The molecule has 0 aromatic heterocycles. The van der Waals surface area contributed by atoms with Crippen molar-refractivity contribution in [3.63, 3.8) is 0 Å². The third-order valence-electron chi connectivity index (χ3n) is 2.87. The minimum Gasteiger partial charge on any atom is -0.464 e. The Hall–Kier alpha value is -2.21. The van der Waals surface area contributed by atoms with E-state index in [1.165, 1.54) is 12.1 Å². The van der Waals surface area contributed by atoms with Crippen molar-refractivity contribution in [2.24, 2.45) is 5.73 Å². The Balaban J connectivity index is 3.22. The molecule has 0 radical (unpaired) electrons. The third-order valence-corrected chi connectivity index (χ3v) is 2.87. The lowest BCUT2D eigenvalue weighted by atomic mass is 9.90. The molecule has 21 heavy (non-hydrogen) atoms. The Morgan fingerprint density at radius 1 is 1.00 bits per heavy atom. The first-order chi connectivity index (χ1) is 9.87. The van der Waals surface area contributed by atoms with E-state index in [1.807, 2.05) is 6.92 Å². The van der Waals surface area contributed by atoms with Crippen molar-refractivity contribution in [1.82, 2.24) is 0 Å². The number of aryl methyl sites for hydroxylation is 1. The van der Waals surface area contributed by atoms with E-state index < -0.39 is 23.3 Å². The summed E-state index contributed by atoms with van der Waals surface area (Å²) in [5.41, 5.74) is 4.36. The van der Waals surface area contributed by atoms with Gasteiger partial charge in [-0.15, -0.1) is 0 Å². The maximum atomic E-state index is 12.5. The molecule has 1 rings (SSSR count). The Kier molecular flexibility index (Phi) is 5.60. The van der Waals surface area contributed by atoms with Gasteiger partial charge in [0.15, 0.2) is 0 Å². The summed E-state index contributed by atoms with van der Waals surface area (Å²) in [5, 5.41) is 0. The maximum absolute atomic E-state index is 12.5. The lowest BCUT2D eigenvalue weighted by molar-refractivity contribution is -0.160. The zero-order chi connectivity index (χ0) is 16.0. The lowest BCUT2D eigenvalue weighted by Gasteiger charge is -2.23. The molecule has 0 bridgehead atoms. The van der Waals surface area contributed by atoms with E-state index in [0.29, 0.717) is 0 Å². The number of hydrogen-bond donors (Lipinski definition) is 1. The molecule has 0 saturated heterocycles. The van der Waals surface area contributed by atoms with Crippen LogP contribution in [0, 0.1) is 6.92 Å². The van der Waals surface area contributed by atoms with Crippen molar-refractivity contribution < 1.29 is 23.9 Å². The first kappa shape index (κ1) is 16.8. The van der Waals surface area contributed by atoms with Crippen molar-refractivity contribution in [2.75, 3.05) is 13.2 Å². The molecular weight excluding hydrogens is 274 g/mol. The predicted molar refractivity (Wildman–Crippen MR) is 75.7 cm³/mol. The number of rotatable bonds is 6. The van der Waals surface area contributed by atoms with Gasteiger partial charge in [-0.1, -0.05) is 29.8 Å². The summed E-state index contributed by atoms with van der Waals surface area (Å²) in [6.07, 6.45) is 0. The minimum absolute atomic E-state index is 0.00162. The van der Waals surface area contributed by atoms with Gasteiger partial charge >= 0.3 is 11.9 Å². The molecule has 0 unspecified atom stereocenters. The lowest BCUT2D eigenvalue weighted by Crippen LogP contribution is -2.62. The van der Waals surface area contributed by atoms with Gasteiger partial charge in [0.2, 0.25) is 5.78 Å². The van der Waals surface area contributed by atoms with E-state index in [4.69, 9.17) is 15.2 Å². The second kappa shape index (κ2) is 6.99. The van der Waals surface area contributed by atoms with Crippen LogP contribution in [-0.2, 0) is 19.1 Å². The van der Waals surface area contributed by atoms with Crippen molar-refractivity contribution >= 4 is 17.7 Å². The molecule has 6 nitrogen and oxygen atoms in total. The molecule has 1 aromatic rings. The molecule has 0 aliphatic rings. The number of ketones is 1. The molecular formula is C15H19NO5. The van der Waals surface area contributed by atoms with Crippen LogP contribution in [0.1, 0.15) is 29.8 Å². The molecule has 0 aliphatic heterocycles. The highest BCUT2D eigenvalue weighted by Gasteiger charge is 2.52. The molecule has 2 N–H and O–H groups in total. The second-order valence-corrected chi connectivity index (χ2v) is 4.44. The Morgan fingerprint density at radius 2 is 1.43 bits per heavy atom. The number of nitrogens with two attached hydrogens (primary N) is 1. The highest BCUT2D eigenvalue weighted by Crippen LogP contribution is 2.16. The summed E-state index contributed by atoms with van der Waals surface area (Å²) >= 11 is 0. The van der Waals surface area contributed by atoms with E-state index in [1.54, 1.807) is 26.0 Å². The predicted octanol–water partition coefficient (Wildman–Crippen LogP) is 1.00. The highest BCUT2D eigenvalue weighted by molar-refractivity contribution is 6.30. The molecule has 0 amide bonds. The van der Waals surface area contributed by atoms with Crippen molar-refractivity contribution in [3.8, 4) is 0 Å². The van der Waals surface area contributed by atoms with Gasteiger partial charge in [0.05, 0.1) is 13.2 Å². The Bertz CT molecular complexity index is 517. The zero-order valence-corrected chi connectivity index (χ0v) is 12.3. The first-order valence-corrected chi connectivity index (χ1v) is 6.62. The SMILES string of the molecule is CCOC(=O)C(N)(C(=O)OCC)C(=O)c1ccc(C)cc1. The molecule has 0 aliphatic carbocycles. The first-order valence-electron chi connectivity index (χ1n) is 6.62. The summed E-state index contributed by atoms with van der Waals surface area (Å²) in [6.45, 7) is 4.96. The van der Waals surface area contributed by atoms with Crippen LogP contribution < -0.4 is 5.73 Å². The van der Waals surface area contributed by atoms with Crippen LogP contribution in [0.25, 0.3) is 0 Å². The number of Topliss-reactive ketones (excluding diaryl/α,β-unsaturated/α-hetero) is 1.